The molecule has 0 aliphatic rings. The van der Waals surface area contributed by atoms with Gasteiger partial charge >= 0.3 is 5.82 Å². The van der Waals surface area contributed by atoms with Crippen LogP contribution in [-0.2, 0) is 6.42 Å². The molecule has 0 aromatic carbocycles. The molecular weight excluding hydrogens is 202 g/mol. The normalized spacial score (nSPS) is 9.44. The van der Waals surface area contributed by atoms with Gasteiger partial charge in [-0.2, -0.15) is 0 Å². The van der Waals surface area contributed by atoms with Crippen LogP contribution in [0.2, 0.25) is 0 Å². The molecule has 86 valence electrons. The molecule has 0 aliphatic heterocycles. The predicted octanol–water partition coefficient (Wildman–Crippen LogP) is 1.99. The fraction of sp³-hybridized carbons (Fsp3) is 0.333. The minimum Gasteiger partial charge on any atom is -0.350 e. The summed E-state index contributed by atoms with van der Waals surface area (Å²) in [6.07, 6.45) is 6.05. The first kappa shape index (κ1) is 12.2. The van der Waals surface area contributed by atoms with Crippen LogP contribution >= 0.6 is 0 Å². The van der Waals surface area contributed by atoms with Crippen molar-refractivity contribution in [1.29, 1.82) is 0 Å². The molecule has 0 unspecified atom stereocenters. The van der Waals surface area contributed by atoms with Crippen LogP contribution in [0.25, 0.3) is 5.82 Å². The van der Waals surface area contributed by atoms with E-state index in [0.717, 1.165) is 16.7 Å². The number of aromatic nitrogens is 3. The third kappa shape index (κ3) is 2.59. The number of hydrogen-bond acceptors (Lipinski definition) is 2. The lowest BCUT2D eigenvalue weighted by molar-refractivity contribution is -0.900. The van der Waals surface area contributed by atoms with Gasteiger partial charge in [-0.1, -0.05) is 25.9 Å². The van der Waals surface area contributed by atoms with Gasteiger partial charge in [-0.15, -0.1) is 4.68 Å². The highest BCUT2D eigenvalue weighted by Crippen LogP contribution is 2.02. The van der Waals surface area contributed by atoms with Gasteiger partial charge in [0.1, 0.15) is 12.4 Å². The minimum absolute atomic E-state index is 0.632. The molecular formula is C12H18N3O+. The van der Waals surface area contributed by atoms with E-state index in [1.54, 1.807) is 23.3 Å². The SMILES string of the molecule is CC.CCc1ccc(-n2cccn2)[n+](O)c1. The first-order valence-electron chi connectivity index (χ1n) is 5.55. The lowest BCUT2D eigenvalue weighted by Crippen LogP contribution is -2.35. The molecule has 16 heavy (non-hydrogen) atoms. The fourth-order valence-electron chi connectivity index (χ4n) is 1.32. The summed E-state index contributed by atoms with van der Waals surface area (Å²) in [5, 5.41) is 13.7. The first-order valence-corrected chi connectivity index (χ1v) is 5.55. The summed E-state index contributed by atoms with van der Waals surface area (Å²) in [5.74, 6) is 0.632. The Bertz CT molecular complexity index is 424. The van der Waals surface area contributed by atoms with Gasteiger partial charge in [0.05, 0.1) is 6.20 Å². The van der Waals surface area contributed by atoms with Crippen molar-refractivity contribution in [3.63, 3.8) is 0 Å². The van der Waals surface area contributed by atoms with E-state index >= 15 is 0 Å². The van der Waals surface area contributed by atoms with Gasteiger partial charge in [0.15, 0.2) is 0 Å². The highest BCUT2D eigenvalue weighted by Gasteiger charge is 2.11. The molecule has 2 heterocycles. The monoisotopic (exact) mass is 220 g/mol. The molecule has 0 bridgehead atoms. The van der Waals surface area contributed by atoms with Crippen LogP contribution < -0.4 is 4.73 Å². The van der Waals surface area contributed by atoms with Crippen LogP contribution in [0.4, 0.5) is 0 Å². The van der Waals surface area contributed by atoms with Gasteiger partial charge in [0.25, 0.3) is 0 Å². The van der Waals surface area contributed by atoms with E-state index in [2.05, 4.69) is 5.10 Å². The Kier molecular flexibility index (Phi) is 4.51. The van der Waals surface area contributed by atoms with E-state index in [1.807, 2.05) is 39.0 Å². The molecule has 1 N–H and O–H groups in total. The van der Waals surface area contributed by atoms with Crippen molar-refractivity contribution in [3.8, 4) is 5.82 Å². The summed E-state index contributed by atoms with van der Waals surface area (Å²) in [4.78, 5) is 0. The molecule has 0 spiro atoms. The van der Waals surface area contributed by atoms with Crippen molar-refractivity contribution in [2.45, 2.75) is 27.2 Å². The zero-order chi connectivity index (χ0) is 12.0. The number of rotatable bonds is 2. The first-order chi connectivity index (χ1) is 7.81. The van der Waals surface area contributed by atoms with Gasteiger partial charge in [0, 0.05) is 12.1 Å². The Morgan fingerprint density at radius 1 is 1.38 bits per heavy atom. The van der Waals surface area contributed by atoms with Gasteiger partial charge in [0.2, 0.25) is 0 Å². The second-order valence-corrected chi connectivity index (χ2v) is 3.04. The molecule has 0 saturated heterocycles. The van der Waals surface area contributed by atoms with Crippen molar-refractivity contribution in [1.82, 2.24) is 9.78 Å². The molecule has 0 saturated carbocycles. The molecule has 0 amide bonds. The minimum atomic E-state index is 0.632. The van der Waals surface area contributed by atoms with Crippen LogP contribution in [0.5, 0.6) is 0 Å². The van der Waals surface area contributed by atoms with Crippen LogP contribution in [0.1, 0.15) is 26.3 Å². The summed E-state index contributed by atoms with van der Waals surface area (Å²) in [5.41, 5.74) is 1.09. The number of hydrogen-bond donors (Lipinski definition) is 1. The Balaban J connectivity index is 0.000000606. The van der Waals surface area contributed by atoms with Crippen LogP contribution in [-0.4, -0.2) is 15.0 Å². The summed E-state index contributed by atoms with van der Waals surface area (Å²) in [6.45, 7) is 6.04. The fourth-order valence-corrected chi connectivity index (χ4v) is 1.32. The summed E-state index contributed by atoms with van der Waals surface area (Å²) >= 11 is 0. The highest BCUT2D eigenvalue weighted by atomic mass is 16.5. The van der Waals surface area contributed by atoms with Crippen LogP contribution in [0.3, 0.4) is 0 Å². The van der Waals surface area contributed by atoms with E-state index in [0.29, 0.717) is 5.82 Å². The Hall–Kier alpha value is -1.84. The third-order valence-corrected chi connectivity index (χ3v) is 2.12. The molecule has 2 aromatic heterocycles. The quantitative estimate of drug-likeness (QED) is 0.621. The number of aryl methyl sites for hydroxylation is 1. The van der Waals surface area contributed by atoms with Crippen molar-refractivity contribution in [2.24, 2.45) is 0 Å². The van der Waals surface area contributed by atoms with Gasteiger partial charge in [-0.05, 0) is 22.8 Å². The molecule has 0 aliphatic carbocycles. The zero-order valence-electron chi connectivity index (χ0n) is 9.96. The van der Waals surface area contributed by atoms with Gasteiger partial charge in [-0.3, -0.25) is 0 Å². The van der Waals surface area contributed by atoms with E-state index in [4.69, 9.17) is 0 Å². The molecule has 0 atom stereocenters. The molecule has 4 heteroatoms. The average molecular weight is 220 g/mol. The van der Waals surface area contributed by atoms with Crippen LogP contribution in [0.15, 0.2) is 36.8 Å². The number of nitrogens with zero attached hydrogens (tertiary/aromatic N) is 3. The molecule has 4 nitrogen and oxygen atoms in total. The van der Waals surface area contributed by atoms with Gasteiger partial charge < -0.3 is 5.21 Å². The molecule has 2 rings (SSSR count). The molecule has 0 radical (unpaired) electrons. The predicted molar refractivity (Wildman–Crippen MR) is 61.7 cm³/mol. The van der Waals surface area contributed by atoms with Crippen LogP contribution in [0, 0.1) is 0 Å². The van der Waals surface area contributed by atoms with E-state index in [1.165, 1.54) is 0 Å². The number of pyridine rings is 1. The maximum absolute atomic E-state index is 9.65. The second-order valence-electron chi connectivity index (χ2n) is 3.04. The molecule has 0 fully saturated rings. The van der Waals surface area contributed by atoms with Crippen molar-refractivity contribution < 1.29 is 9.94 Å². The Labute approximate surface area is 95.7 Å². The van der Waals surface area contributed by atoms with Crippen molar-refractivity contribution >= 4 is 0 Å². The molecule has 2 aromatic rings. The van der Waals surface area contributed by atoms with E-state index < -0.39 is 0 Å². The van der Waals surface area contributed by atoms with Gasteiger partial charge in [-0.25, -0.2) is 0 Å². The highest BCUT2D eigenvalue weighted by molar-refractivity contribution is 5.18. The average Bonchev–Trinajstić information content (AvgIpc) is 2.85. The summed E-state index contributed by atoms with van der Waals surface area (Å²) < 4.78 is 2.70. The summed E-state index contributed by atoms with van der Waals surface area (Å²) in [7, 11) is 0. The maximum atomic E-state index is 9.65. The standard InChI is InChI=1S/C10H12N3O.C2H6/c1-2-9-4-5-10(13(14)8-9)12-7-3-6-11-12;1-2/h3-8,14H,2H2,1H3;1-2H3/q+1;. The lowest BCUT2D eigenvalue weighted by Gasteiger charge is -1.98. The van der Waals surface area contributed by atoms with E-state index in [-0.39, 0.29) is 0 Å². The summed E-state index contributed by atoms with van der Waals surface area (Å²) in [6, 6.07) is 5.63. The third-order valence-electron chi connectivity index (χ3n) is 2.12. The van der Waals surface area contributed by atoms with E-state index in [9.17, 15) is 5.21 Å². The topological polar surface area (TPSA) is 41.9 Å². The van der Waals surface area contributed by atoms with Crippen molar-refractivity contribution in [3.05, 3.63) is 42.4 Å². The Morgan fingerprint density at radius 2 is 2.12 bits per heavy atom. The zero-order valence-corrected chi connectivity index (χ0v) is 9.96. The van der Waals surface area contributed by atoms with Crippen molar-refractivity contribution in [2.75, 3.05) is 0 Å². The largest absolute Gasteiger partial charge is 0.350 e. The lowest BCUT2D eigenvalue weighted by atomic mass is 10.2. The maximum Gasteiger partial charge on any atom is 0.345 e. The second kappa shape index (κ2) is 5.90. The smallest absolute Gasteiger partial charge is 0.345 e. The Morgan fingerprint density at radius 3 is 2.62 bits per heavy atom.